The van der Waals surface area contributed by atoms with Gasteiger partial charge in [-0.3, -0.25) is 0 Å². The SMILES string of the molecule is OC(c1sccc1Cl)C1(O)CCCCC1. The molecule has 15 heavy (non-hydrogen) atoms. The summed E-state index contributed by atoms with van der Waals surface area (Å²) in [5.74, 6) is 0. The third-order valence-electron chi connectivity index (χ3n) is 3.12. The van der Waals surface area contributed by atoms with E-state index in [2.05, 4.69) is 0 Å². The molecule has 0 spiro atoms. The minimum Gasteiger partial charge on any atom is -0.387 e. The van der Waals surface area contributed by atoms with E-state index < -0.39 is 11.7 Å². The summed E-state index contributed by atoms with van der Waals surface area (Å²) in [6.45, 7) is 0. The highest BCUT2D eigenvalue weighted by molar-refractivity contribution is 7.10. The van der Waals surface area contributed by atoms with Gasteiger partial charge >= 0.3 is 0 Å². The highest BCUT2D eigenvalue weighted by Gasteiger charge is 2.39. The largest absolute Gasteiger partial charge is 0.387 e. The fraction of sp³-hybridized carbons (Fsp3) is 0.636. The number of aliphatic hydroxyl groups is 2. The molecular formula is C11H15ClO2S. The van der Waals surface area contributed by atoms with Crippen molar-refractivity contribution in [1.82, 2.24) is 0 Å². The van der Waals surface area contributed by atoms with E-state index >= 15 is 0 Å². The molecule has 2 rings (SSSR count). The van der Waals surface area contributed by atoms with Crippen LogP contribution in [0.3, 0.4) is 0 Å². The van der Waals surface area contributed by atoms with Crippen LogP contribution in [0.25, 0.3) is 0 Å². The molecule has 4 heteroatoms. The monoisotopic (exact) mass is 246 g/mol. The summed E-state index contributed by atoms with van der Waals surface area (Å²) in [4.78, 5) is 0.695. The third kappa shape index (κ3) is 2.21. The van der Waals surface area contributed by atoms with Gasteiger partial charge in [-0.1, -0.05) is 30.9 Å². The summed E-state index contributed by atoms with van der Waals surface area (Å²) in [5.41, 5.74) is -0.966. The number of rotatable bonds is 2. The van der Waals surface area contributed by atoms with Crippen molar-refractivity contribution in [1.29, 1.82) is 0 Å². The standard InChI is InChI=1S/C11H15ClO2S/c12-8-4-7-15-9(8)10(13)11(14)5-2-1-3-6-11/h4,7,10,13-14H,1-3,5-6H2. The van der Waals surface area contributed by atoms with Gasteiger partial charge in [0.25, 0.3) is 0 Å². The number of hydrogen-bond acceptors (Lipinski definition) is 3. The van der Waals surface area contributed by atoms with E-state index in [0.29, 0.717) is 22.7 Å². The lowest BCUT2D eigenvalue weighted by molar-refractivity contribution is -0.0976. The Morgan fingerprint density at radius 1 is 1.33 bits per heavy atom. The molecule has 1 fully saturated rings. The Hall–Kier alpha value is -0.0900. The topological polar surface area (TPSA) is 40.5 Å². The van der Waals surface area contributed by atoms with Crippen molar-refractivity contribution in [2.75, 3.05) is 0 Å². The second-order valence-electron chi connectivity index (χ2n) is 4.20. The summed E-state index contributed by atoms with van der Waals surface area (Å²) >= 11 is 7.36. The Labute approximate surface area is 98.5 Å². The number of aliphatic hydroxyl groups excluding tert-OH is 1. The average Bonchev–Trinajstić information content (AvgIpc) is 2.64. The zero-order valence-electron chi connectivity index (χ0n) is 8.45. The van der Waals surface area contributed by atoms with Crippen LogP contribution in [-0.2, 0) is 0 Å². The molecule has 1 atom stereocenters. The molecule has 1 aliphatic carbocycles. The van der Waals surface area contributed by atoms with Crippen LogP contribution in [0.15, 0.2) is 11.4 Å². The maximum absolute atomic E-state index is 10.3. The second-order valence-corrected chi connectivity index (χ2v) is 5.55. The van der Waals surface area contributed by atoms with Gasteiger partial charge in [0, 0.05) is 0 Å². The van der Waals surface area contributed by atoms with Gasteiger partial charge in [0.1, 0.15) is 6.10 Å². The van der Waals surface area contributed by atoms with Crippen molar-refractivity contribution in [3.05, 3.63) is 21.3 Å². The molecule has 1 heterocycles. The first-order valence-electron chi connectivity index (χ1n) is 5.27. The van der Waals surface area contributed by atoms with Crippen LogP contribution < -0.4 is 0 Å². The van der Waals surface area contributed by atoms with Gasteiger partial charge < -0.3 is 10.2 Å². The molecular weight excluding hydrogens is 232 g/mol. The van der Waals surface area contributed by atoms with Gasteiger partial charge in [0.15, 0.2) is 0 Å². The maximum atomic E-state index is 10.3. The molecule has 0 radical (unpaired) electrons. The average molecular weight is 247 g/mol. The summed E-state index contributed by atoms with van der Waals surface area (Å²) in [5, 5.41) is 22.9. The molecule has 1 aromatic rings. The lowest BCUT2D eigenvalue weighted by atomic mass is 9.80. The lowest BCUT2D eigenvalue weighted by Crippen LogP contribution is -2.38. The summed E-state index contributed by atoms with van der Waals surface area (Å²) in [6.07, 6.45) is 3.62. The van der Waals surface area contributed by atoms with Crippen molar-refractivity contribution in [2.45, 2.75) is 43.8 Å². The van der Waals surface area contributed by atoms with E-state index in [1.165, 1.54) is 11.3 Å². The molecule has 2 N–H and O–H groups in total. The van der Waals surface area contributed by atoms with Crippen molar-refractivity contribution < 1.29 is 10.2 Å². The van der Waals surface area contributed by atoms with Gasteiger partial charge in [0.05, 0.1) is 15.5 Å². The van der Waals surface area contributed by atoms with Gasteiger partial charge in [-0.05, 0) is 24.3 Å². The van der Waals surface area contributed by atoms with Crippen LogP contribution in [0.1, 0.15) is 43.1 Å². The summed E-state index contributed by atoms with van der Waals surface area (Å²) in [7, 11) is 0. The quantitative estimate of drug-likeness (QED) is 0.842. The van der Waals surface area contributed by atoms with Gasteiger partial charge in [-0.25, -0.2) is 0 Å². The van der Waals surface area contributed by atoms with E-state index in [1.54, 1.807) is 6.07 Å². The minimum atomic E-state index is -0.966. The van der Waals surface area contributed by atoms with E-state index in [-0.39, 0.29) is 0 Å². The number of hydrogen-bond donors (Lipinski definition) is 2. The third-order valence-corrected chi connectivity index (χ3v) is 4.53. The molecule has 1 aromatic heterocycles. The predicted octanol–water partition coefficient (Wildman–Crippen LogP) is 3.13. The summed E-state index contributed by atoms with van der Waals surface area (Å²) in [6, 6.07) is 1.76. The zero-order valence-corrected chi connectivity index (χ0v) is 10.0. The Morgan fingerprint density at radius 2 is 2.00 bits per heavy atom. The normalized spacial score (nSPS) is 22.6. The molecule has 1 aliphatic rings. The molecule has 2 nitrogen and oxygen atoms in total. The molecule has 0 bridgehead atoms. The van der Waals surface area contributed by atoms with Crippen LogP contribution in [0.2, 0.25) is 5.02 Å². The molecule has 1 unspecified atom stereocenters. The van der Waals surface area contributed by atoms with Crippen LogP contribution in [0, 0.1) is 0 Å². The summed E-state index contributed by atoms with van der Waals surface area (Å²) < 4.78 is 0. The highest BCUT2D eigenvalue weighted by atomic mass is 35.5. The Bertz CT molecular complexity index is 331. The van der Waals surface area contributed by atoms with E-state index in [9.17, 15) is 10.2 Å². The van der Waals surface area contributed by atoms with Gasteiger partial charge in [-0.15, -0.1) is 11.3 Å². The molecule has 1 saturated carbocycles. The number of halogens is 1. The first-order valence-corrected chi connectivity index (χ1v) is 6.52. The van der Waals surface area contributed by atoms with Gasteiger partial charge in [0.2, 0.25) is 0 Å². The minimum absolute atomic E-state index is 0.562. The van der Waals surface area contributed by atoms with E-state index in [4.69, 9.17) is 11.6 Å². The first kappa shape index (κ1) is 11.4. The Kier molecular flexibility index (Phi) is 3.36. The van der Waals surface area contributed by atoms with Crippen LogP contribution in [-0.4, -0.2) is 15.8 Å². The molecule has 0 aromatic carbocycles. The Morgan fingerprint density at radius 3 is 2.53 bits per heavy atom. The second kappa shape index (κ2) is 4.42. The Balaban J connectivity index is 2.19. The maximum Gasteiger partial charge on any atom is 0.118 e. The first-order chi connectivity index (χ1) is 7.13. The van der Waals surface area contributed by atoms with Crippen molar-refractivity contribution in [3.8, 4) is 0 Å². The van der Waals surface area contributed by atoms with Crippen molar-refractivity contribution >= 4 is 22.9 Å². The number of thiophene rings is 1. The fourth-order valence-corrected chi connectivity index (χ4v) is 3.44. The van der Waals surface area contributed by atoms with Crippen LogP contribution >= 0.6 is 22.9 Å². The smallest absolute Gasteiger partial charge is 0.118 e. The molecule has 0 aliphatic heterocycles. The fourth-order valence-electron chi connectivity index (χ4n) is 2.18. The zero-order chi connectivity index (χ0) is 10.9. The van der Waals surface area contributed by atoms with E-state index in [1.807, 2.05) is 5.38 Å². The van der Waals surface area contributed by atoms with Crippen molar-refractivity contribution in [3.63, 3.8) is 0 Å². The lowest BCUT2D eigenvalue weighted by Gasteiger charge is -2.36. The molecule has 0 amide bonds. The van der Waals surface area contributed by atoms with Crippen LogP contribution in [0.5, 0.6) is 0 Å². The van der Waals surface area contributed by atoms with E-state index in [0.717, 1.165) is 19.3 Å². The highest BCUT2D eigenvalue weighted by Crippen LogP contribution is 2.42. The van der Waals surface area contributed by atoms with Gasteiger partial charge in [-0.2, -0.15) is 0 Å². The molecule has 84 valence electrons. The van der Waals surface area contributed by atoms with Crippen LogP contribution in [0.4, 0.5) is 0 Å². The van der Waals surface area contributed by atoms with Crippen molar-refractivity contribution in [2.24, 2.45) is 0 Å². The predicted molar refractivity (Wildman–Crippen MR) is 62.3 cm³/mol. The molecule has 0 saturated heterocycles.